The fourth-order valence-corrected chi connectivity index (χ4v) is 3.99. The first-order valence-corrected chi connectivity index (χ1v) is 11.4. The quantitative estimate of drug-likeness (QED) is 0.544. The smallest absolute Gasteiger partial charge is 0.359 e. The minimum Gasteiger partial charge on any atom is -0.497 e. The molecule has 1 unspecified atom stereocenters. The van der Waals surface area contributed by atoms with E-state index in [-0.39, 0.29) is 30.2 Å². The van der Waals surface area contributed by atoms with Crippen LogP contribution in [0.15, 0.2) is 47.7 Å². The van der Waals surface area contributed by atoms with Gasteiger partial charge in [-0.15, -0.1) is 10.2 Å². The maximum Gasteiger partial charge on any atom is 0.359 e. The summed E-state index contributed by atoms with van der Waals surface area (Å²) in [6.45, 7) is 3.28. The van der Waals surface area contributed by atoms with Crippen LogP contribution in [0.3, 0.4) is 0 Å². The first kappa shape index (κ1) is 24.0. The van der Waals surface area contributed by atoms with Crippen LogP contribution in [0, 0.1) is 0 Å². The average molecular weight is 482 g/mol. The Balaban J connectivity index is 1.54. The Morgan fingerprint density at radius 1 is 1.03 bits per heavy atom. The number of rotatable bonds is 8. The molecule has 1 atom stereocenters. The van der Waals surface area contributed by atoms with Crippen molar-refractivity contribution in [1.29, 1.82) is 0 Å². The van der Waals surface area contributed by atoms with Crippen LogP contribution in [0.1, 0.15) is 41.9 Å². The molecule has 0 saturated carbocycles. The maximum atomic E-state index is 12.8. The zero-order chi connectivity index (χ0) is 24.8. The molecule has 2 aromatic rings. The molecule has 2 amide bonds. The molecule has 2 N–H and O–H groups in total. The van der Waals surface area contributed by atoms with Crippen molar-refractivity contribution in [3.63, 3.8) is 0 Å². The van der Waals surface area contributed by atoms with Gasteiger partial charge in [0.05, 0.1) is 31.0 Å². The van der Waals surface area contributed by atoms with Crippen LogP contribution >= 0.6 is 0 Å². The van der Waals surface area contributed by atoms with E-state index >= 15 is 0 Å². The average Bonchev–Trinajstić information content (AvgIpc) is 3.42. The number of carbonyl (C=O) groups is 3. The molecule has 1 saturated heterocycles. The Hall–Kier alpha value is -4.15. The maximum absolute atomic E-state index is 12.8. The first-order chi connectivity index (χ1) is 17.0. The second-order valence-corrected chi connectivity index (χ2v) is 7.96. The van der Waals surface area contributed by atoms with Gasteiger partial charge in [0, 0.05) is 13.1 Å². The number of carbonyl (C=O) groups excluding carboxylic acids is 3. The number of aromatic nitrogens is 2. The molecule has 2 aliphatic rings. The monoisotopic (exact) mass is 481 g/mol. The van der Waals surface area contributed by atoms with Crippen LogP contribution in [0.5, 0.6) is 5.75 Å². The SMILES string of the molecule is CCOC(=O)C1=C(COC(=O)c2ccc(N3CCCC3)nn2)NC(=O)NC1c1ccc(OC)cc1. The topological polar surface area (TPSA) is 132 Å². The second kappa shape index (κ2) is 10.9. The summed E-state index contributed by atoms with van der Waals surface area (Å²) in [7, 11) is 1.54. The third kappa shape index (κ3) is 5.51. The standard InChI is InChI=1S/C24H27N5O6/c1-3-34-23(31)20-18(25-24(32)26-21(20)15-6-8-16(33-2)9-7-15)14-35-22(30)17-10-11-19(28-27-17)29-12-4-5-13-29/h6-11,21H,3-5,12-14H2,1-2H3,(H2,25,26,32). The molecule has 2 aliphatic heterocycles. The molecule has 11 heteroatoms. The number of nitrogens with zero attached hydrogens (tertiary/aromatic N) is 3. The van der Waals surface area contributed by atoms with Gasteiger partial charge in [0.1, 0.15) is 12.4 Å². The van der Waals surface area contributed by atoms with Crippen LogP contribution in [0.2, 0.25) is 0 Å². The van der Waals surface area contributed by atoms with Crippen molar-refractivity contribution in [1.82, 2.24) is 20.8 Å². The number of amides is 2. The van der Waals surface area contributed by atoms with Crippen molar-refractivity contribution in [3.8, 4) is 5.75 Å². The summed E-state index contributed by atoms with van der Waals surface area (Å²) >= 11 is 0. The van der Waals surface area contributed by atoms with E-state index in [1.807, 2.05) is 0 Å². The van der Waals surface area contributed by atoms with Gasteiger partial charge in [-0.3, -0.25) is 0 Å². The minimum atomic E-state index is -0.804. The summed E-state index contributed by atoms with van der Waals surface area (Å²) in [6.07, 6.45) is 2.20. The van der Waals surface area contributed by atoms with Crippen molar-refractivity contribution in [3.05, 3.63) is 58.9 Å². The van der Waals surface area contributed by atoms with Gasteiger partial charge in [-0.2, -0.15) is 0 Å². The molecule has 184 valence electrons. The molecule has 35 heavy (non-hydrogen) atoms. The molecule has 4 rings (SSSR count). The number of hydrogen-bond donors (Lipinski definition) is 2. The van der Waals surface area contributed by atoms with Gasteiger partial charge < -0.3 is 29.7 Å². The summed E-state index contributed by atoms with van der Waals surface area (Å²) in [4.78, 5) is 39.9. The zero-order valence-corrected chi connectivity index (χ0v) is 19.6. The predicted molar refractivity (Wildman–Crippen MR) is 125 cm³/mol. The molecule has 11 nitrogen and oxygen atoms in total. The summed E-state index contributed by atoms with van der Waals surface area (Å²) in [5.41, 5.74) is 0.928. The lowest BCUT2D eigenvalue weighted by Gasteiger charge is -2.29. The Morgan fingerprint density at radius 3 is 2.40 bits per heavy atom. The minimum absolute atomic E-state index is 0.0261. The summed E-state index contributed by atoms with van der Waals surface area (Å²) in [5, 5.41) is 13.4. The Morgan fingerprint density at radius 2 is 1.77 bits per heavy atom. The van der Waals surface area contributed by atoms with E-state index in [1.54, 1.807) is 50.4 Å². The highest BCUT2D eigenvalue weighted by Gasteiger charge is 2.34. The van der Waals surface area contributed by atoms with Gasteiger partial charge in [-0.05, 0) is 49.6 Å². The van der Waals surface area contributed by atoms with E-state index in [9.17, 15) is 14.4 Å². The molecule has 0 aliphatic carbocycles. The van der Waals surface area contributed by atoms with E-state index < -0.39 is 24.0 Å². The highest BCUT2D eigenvalue weighted by Crippen LogP contribution is 2.29. The van der Waals surface area contributed by atoms with Crippen molar-refractivity contribution >= 4 is 23.8 Å². The molecular weight excluding hydrogens is 454 g/mol. The molecule has 3 heterocycles. The van der Waals surface area contributed by atoms with Crippen LogP contribution in [-0.2, 0) is 14.3 Å². The molecule has 1 aromatic carbocycles. The van der Waals surface area contributed by atoms with Crippen molar-refractivity contribution in [2.75, 3.05) is 38.3 Å². The summed E-state index contributed by atoms with van der Waals surface area (Å²) < 4.78 is 15.8. The summed E-state index contributed by atoms with van der Waals surface area (Å²) in [6, 6.07) is 8.83. The molecule has 0 spiro atoms. The molecule has 0 radical (unpaired) electrons. The highest BCUT2D eigenvalue weighted by molar-refractivity contribution is 5.95. The number of methoxy groups -OCH3 is 1. The first-order valence-electron chi connectivity index (χ1n) is 11.4. The Labute approximate surface area is 202 Å². The zero-order valence-electron chi connectivity index (χ0n) is 19.6. The van der Waals surface area contributed by atoms with Crippen LogP contribution in [0.25, 0.3) is 0 Å². The second-order valence-electron chi connectivity index (χ2n) is 7.96. The third-order valence-electron chi connectivity index (χ3n) is 5.74. The van der Waals surface area contributed by atoms with Gasteiger partial charge >= 0.3 is 18.0 Å². The number of anilines is 1. The van der Waals surface area contributed by atoms with Crippen LogP contribution < -0.4 is 20.3 Å². The van der Waals surface area contributed by atoms with Gasteiger partial charge in [0.2, 0.25) is 0 Å². The van der Waals surface area contributed by atoms with E-state index in [0.717, 1.165) is 25.9 Å². The number of benzene rings is 1. The predicted octanol–water partition coefficient (Wildman–Crippen LogP) is 2.11. The highest BCUT2D eigenvalue weighted by atomic mass is 16.5. The van der Waals surface area contributed by atoms with Crippen molar-refractivity contribution in [2.24, 2.45) is 0 Å². The normalized spacial score (nSPS) is 17.5. The number of esters is 2. The molecule has 1 fully saturated rings. The van der Waals surface area contributed by atoms with Gasteiger partial charge in [-0.25, -0.2) is 14.4 Å². The van der Waals surface area contributed by atoms with Crippen molar-refractivity contribution in [2.45, 2.75) is 25.8 Å². The van der Waals surface area contributed by atoms with Crippen LogP contribution in [-0.4, -0.2) is 61.6 Å². The molecule has 0 bridgehead atoms. The van der Waals surface area contributed by atoms with Gasteiger partial charge in [0.25, 0.3) is 0 Å². The lowest BCUT2D eigenvalue weighted by Crippen LogP contribution is -2.47. The number of nitrogens with one attached hydrogen (secondary N) is 2. The van der Waals surface area contributed by atoms with E-state index in [0.29, 0.717) is 17.1 Å². The number of hydrogen-bond acceptors (Lipinski definition) is 9. The summed E-state index contributed by atoms with van der Waals surface area (Å²) in [5.74, 6) is -0.0300. The fourth-order valence-electron chi connectivity index (χ4n) is 3.99. The van der Waals surface area contributed by atoms with Gasteiger partial charge in [0.15, 0.2) is 11.5 Å². The number of urea groups is 1. The fraction of sp³-hybridized carbons (Fsp3) is 0.375. The number of ether oxygens (including phenoxy) is 3. The lowest BCUT2D eigenvalue weighted by atomic mass is 9.95. The van der Waals surface area contributed by atoms with E-state index in [1.165, 1.54) is 0 Å². The molecular formula is C24H27N5O6. The largest absolute Gasteiger partial charge is 0.497 e. The third-order valence-corrected chi connectivity index (χ3v) is 5.74. The van der Waals surface area contributed by atoms with Gasteiger partial charge in [-0.1, -0.05) is 12.1 Å². The van der Waals surface area contributed by atoms with Crippen molar-refractivity contribution < 1.29 is 28.6 Å². The van der Waals surface area contributed by atoms with E-state index in [4.69, 9.17) is 14.2 Å². The van der Waals surface area contributed by atoms with Crippen LogP contribution in [0.4, 0.5) is 10.6 Å². The Bertz CT molecular complexity index is 1110. The van der Waals surface area contributed by atoms with E-state index in [2.05, 4.69) is 25.7 Å². The molecule has 1 aromatic heterocycles. The lowest BCUT2D eigenvalue weighted by molar-refractivity contribution is -0.139. The Kier molecular flexibility index (Phi) is 7.44.